The van der Waals surface area contributed by atoms with Crippen LogP contribution in [0.15, 0.2) is 68.0 Å². The maximum atomic E-state index is 12.8. The van der Waals surface area contributed by atoms with E-state index < -0.39 is 5.69 Å². The Morgan fingerprint density at radius 2 is 1.87 bits per heavy atom. The van der Waals surface area contributed by atoms with Gasteiger partial charge in [0, 0.05) is 21.8 Å². The van der Waals surface area contributed by atoms with Crippen LogP contribution >= 0.6 is 27.7 Å². The van der Waals surface area contributed by atoms with Crippen molar-refractivity contribution < 1.29 is 4.79 Å². The lowest BCUT2D eigenvalue weighted by atomic mass is 10.2. The van der Waals surface area contributed by atoms with Crippen molar-refractivity contribution in [3.05, 3.63) is 80.4 Å². The summed E-state index contributed by atoms with van der Waals surface area (Å²) in [4.78, 5) is 30.8. The molecule has 2 aromatic carbocycles. The summed E-state index contributed by atoms with van der Waals surface area (Å²) < 4.78 is 3.34. The predicted molar refractivity (Wildman–Crippen MR) is 125 cm³/mol. The van der Waals surface area contributed by atoms with Gasteiger partial charge in [0.25, 0.3) is 0 Å². The van der Waals surface area contributed by atoms with Crippen LogP contribution < -0.4 is 11.0 Å². The van der Waals surface area contributed by atoms with Crippen LogP contribution in [-0.4, -0.2) is 25.1 Å². The first-order valence-corrected chi connectivity index (χ1v) is 11.2. The number of anilines is 1. The quantitative estimate of drug-likeness (QED) is 0.442. The van der Waals surface area contributed by atoms with Gasteiger partial charge >= 0.3 is 5.69 Å². The highest BCUT2D eigenvalue weighted by molar-refractivity contribution is 9.10. The minimum absolute atomic E-state index is 0.200. The van der Waals surface area contributed by atoms with Gasteiger partial charge in [-0.25, -0.2) is 18.9 Å². The fourth-order valence-corrected chi connectivity index (χ4v) is 4.67. The maximum Gasteiger partial charge on any atom is 0.350 e. The summed E-state index contributed by atoms with van der Waals surface area (Å²) in [6.07, 6.45) is 3.12. The topological polar surface area (TPSA) is 81.3 Å². The zero-order valence-corrected chi connectivity index (χ0v) is 19.6. The molecule has 0 bridgehead atoms. The highest BCUT2D eigenvalue weighted by Crippen LogP contribution is 2.31. The van der Waals surface area contributed by atoms with Gasteiger partial charge in [-0.3, -0.25) is 4.79 Å². The van der Waals surface area contributed by atoms with Gasteiger partial charge < -0.3 is 5.32 Å². The number of carbonyl (C=O) groups excluding carboxylic acids is 1. The molecule has 1 amide bonds. The van der Waals surface area contributed by atoms with Crippen LogP contribution in [0.3, 0.4) is 0 Å². The fraction of sp³-hybridized carbons (Fsp3) is 0.182. The van der Waals surface area contributed by atoms with E-state index in [-0.39, 0.29) is 12.5 Å². The average Bonchev–Trinajstić information content (AvgIpc) is 3.03. The number of benzene rings is 2. The van der Waals surface area contributed by atoms with E-state index >= 15 is 0 Å². The highest BCUT2D eigenvalue weighted by atomic mass is 79.9. The second kappa shape index (κ2) is 8.68. The van der Waals surface area contributed by atoms with E-state index in [1.165, 1.54) is 21.7 Å². The Labute approximate surface area is 191 Å². The average molecular weight is 498 g/mol. The monoisotopic (exact) mass is 497 g/mol. The molecule has 4 aromatic rings. The normalized spacial score (nSPS) is 11.1. The third-order valence-corrected chi connectivity index (χ3v) is 6.51. The molecular weight excluding hydrogens is 478 g/mol. The van der Waals surface area contributed by atoms with E-state index in [1.807, 2.05) is 51.1 Å². The summed E-state index contributed by atoms with van der Waals surface area (Å²) in [6.45, 7) is 5.85. The molecule has 0 fully saturated rings. The van der Waals surface area contributed by atoms with Crippen molar-refractivity contribution in [2.75, 3.05) is 5.32 Å². The molecule has 0 aliphatic heterocycles. The molecule has 4 rings (SSSR count). The number of rotatable bonds is 5. The van der Waals surface area contributed by atoms with E-state index in [2.05, 4.69) is 37.4 Å². The van der Waals surface area contributed by atoms with Gasteiger partial charge in [0.15, 0.2) is 5.65 Å². The third-order valence-electron chi connectivity index (χ3n) is 4.70. The van der Waals surface area contributed by atoms with Crippen molar-refractivity contribution in [1.82, 2.24) is 19.2 Å². The molecule has 1 N–H and O–H groups in total. The molecular formula is C22H20BrN5O2S. The number of nitrogens with one attached hydrogen (secondary N) is 1. The van der Waals surface area contributed by atoms with Gasteiger partial charge in [-0.05, 0) is 66.0 Å². The highest BCUT2D eigenvalue weighted by Gasteiger charge is 2.16. The second-order valence-corrected chi connectivity index (χ2v) is 9.15. The summed E-state index contributed by atoms with van der Waals surface area (Å²) in [5.41, 5.74) is 4.04. The molecule has 0 saturated heterocycles. The molecule has 2 aromatic heterocycles. The summed E-state index contributed by atoms with van der Waals surface area (Å²) in [6, 6.07) is 11.8. The molecule has 0 aliphatic carbocycles. The Balaban J connectivity index is 1.61. The van der Waals surface area contributed by atoms with Crippen LogP contribution in [0.4, 0.5) is 5.69 Å². The summed E-state index contributed by atoms with van der Waals surface area (Å²) >= 11 is 4.89. The first kappa shape index (κ1) is 21.3. The number of hydrogen-bond acceptors (Lipinski definition) is 5. The molecule has 0 spiro atoms. The zero-order valence-electron chi connectivity index (χ0n) is 17.2. The van der Waals surface area contributed by atoms with E-state index in [4.69, 9.17) is 0 Å². The minimum atomic E-state index is -0.391. The van der Waals surface area contributed by atoms with Crippen LogP contribution in [0.2, 0.25) is 0 Å². The van der Waals surface area contributed by atoms with Crippen molar-refractivity contribution in [2.24, 2.45) is 0 Å². The Hall–Kier alpha value is -2.91. The molecule has 9 heteroatoms. The summed E-state index contributed by atoms with van der Waals surface area (Å²) in [7, 11) is 0. The van der Waals surface area contributed by atoms with Crippen molar-refractivity contribution in [3.63, 3.8) is 0 Å². The first-order valence-electron chi connectivity index (χ1n) is 9.57. The van der Waals surface area contributed by atoms with Crippen LogP contribution in [-0.2, 0) is 11.3 Å². The van der Waals surface area contributed by atoms with E-state index in [0.717, 1.165) is 25.2 Å². The van der Waals surface area contributed by atoms with Crippen LogP contribution in [0.5, 0.6) is 0 Å². The summed E-state index contributed by atoms with van der Waals surface area (Å²) in [5, 5.41) is 7.80. The van der Waals surface area contributed by atoms with Gasteiger partial charge in [-0.2, -0.15) is 0 Å². The molecule has 0 saturated carbocycles. The van der Waals surface area contributed by atoms with Gasteiger partial charge in [0.05, 0.1) is 5.69 Å². The smallest absolute Gasteiger partial charge is 0.323 e. The van der Waals surface area contributed by atoms with Crippen molar-refractivity contribution in [3.8, 4) is 0 Å². The standard InChI is InChI=1S/C22H20BrN5O2S/c1-13-5-7-18(15(3)10-13)31-21-20-26-28(22(30)27(20)9-8-24-21)12-19(29)25-17-6-4-14(2)11-16(17)23/h4-11H,12H2,1-3H3,(H,25,29). The SMILES string of the molecule is Cc1ccc(Sc2nccn3c(=O)n(CC(=O)Nc4ccc(C)cc4Br)nc23)c(C)c1. The van der Waals surface area contributed by atoms with E-state index in [1.54, 1.807) is 12.4 Å². The van der Waals surface area contributed by atoms with E-state index in [9.17, 15) is 9.59 Å². The Morgan fingerprint density at radius 1 is 1.13 bits per heavy atom. The fourth-order valence-electron chi connectivity index (χ4n) is 3.17. The van der Waals surface area contributed by atoms with Gasteiger partial charge in [-0.1, -0.05) is 35.5 Å². The van der Waals surface area contributed by atoms with Crippen LogP contribution in [0, 0.1) is 20.8 Å². The lowest BCUT2D eigenvalue weighted by Gasteiger charge is -2.07. The molecule has 7 nitrogen and oxygen atoms in total. The second-order valence-electron chi connectivity index (χ2n) is 7.27. The van der Waals surface area contributed by atoms with Gasteiger partial charge in [-0.15, -0.1) is 5.10 Å². The maximum absolute atomic E-state index is 12.8. The Kier molecular flexibility index (Phi) is 5.97. The van der Waals surface area contributed by atoms with Gasteiger partial charge in [0.2, 0.25) is 5.91 Å². The number of hydrogen-bond donors (Lipinski definition) is 1. The number of aryl methyl sites for hydroxylation is 3. The largest absolute Gasteiger partial charge is 0.350 e. The predicted octanol–water partition coefficient (Wildman–Crippen LogP) is 4.37. The minimum Gasteiger partial charge on any atom is -0.323 e. The summed E-state index contributed by atoms with van der Waals surface area (Å²) in [5.74, 6) is -0.341. The first-order chi connectivity index (χ1) is 14.8. The van der Waals surface area contributed by atoms with Gasteiger partial charge in [0.1, 0.15) is 11.6 Å². The number of fused-ring (bicyclic) bond motifs is 1. The lowest BCUT2D eigenvalue weighted by molar-refractivity contribution is -0.117. The number of carbonyl (C=O) groups is 1. The number of halogens is 1. The van der Waals surface area contributed by atoms with Crippen molar-refractivity contribution in [2.45, 2.75) is 37.2 Å². The molecule has 31 heavy (non-hydrogen) atoms. The molecule has 2 heterocycles. The van der Waals surface area contributed by atoms with Crippen molar-refractivity contribution in [1.29, 1.82) is 0 Å². The third kappa shape index (κ3) is 4.57. The molecule has 0 unspecified atom stereocenters. The van der Waals surface area contributed by atoms with Crippen LogP contribution in [0.25, 0.3) is 5.65 Å². The molecule has 0 atom stereocenters. The number of nitrogens with zero attached hydrogens (tertiary/aromatic N) is 4. The molecule has 0 aliphatic rings. The van der Waals surface area contributed by atoms with E-state index in [0.29, 0.717) is 16.4 Å². The van der Waals surface area contributed by atoms with Crippen molar-refractivity contribution >= 4 is 44.9 Å². The Morgan fingerprint density at radius 3 is 2.61 bits per heavy atom. The zero-order chi connectivity index (χ0) is 22.1. The number of aromatic nitrogens is 4. The Bertz CT molecular complexity index is 1360. The number of amides is 1. The molecule has 158 valence electrons. The molecule has 0 radical (unpaired) electrons. The lowest BCUT2D eigenvalue weighted by Crippen LogP contribution is -2.28. The van der Waals surface area contributed by atoms with Crippen LogP contribution in [0.1, 0.15) is 16.7 Å².